The Hall–Kier alpha value is -3.80. The van der Waals surface area contributed by atoms with Gasteiger partial charge in [-0.25, -0.2) is 19.3 Å². The summed E-state index contributed by atoms with van der Waals surface area (Å²) in [6.45, 7) is 3.09. The van der Waals surface area contributed by atoms with Gasteiger partial charge in [-0.05, 0) is 37.5 Å². The molecule has 2 aliphatic rings. The van der Waals surface area contributed by atoms with Crippen molar-refractivity contribution in [3.63, 3.8) is 0 Å². The van der Waals surface area contributed by atoms with E-state index in [1.165, 1.54) is 13.2 Å². The number of aromatic nitrogens is 5. The smallest absolute Gasteiger partial charge is 0.168 e. The number of anilines is 3. The first kappa shape index (κ1) is 27.8. The molecule has 4 aromatic rings. The second kappa shape index (κ2) is 12.2. The lowest BCUT2D eigenvalue weighted by atomic mass is 10.0. The monoisotopic (exact) mass is 566 g/mol. The molecule has 0 saturated carbocycles. The second-order valence-corrected chi connectivity index (χ2v) is 9.87. The van der Waals surface area contributed by atoms with E-state index in [4.69, 9.17) is 20.2 Å². The third-order valence-electron chi connectivity index (χ3n) is 7.20. The van der Waals surface area contributed by atoms with Crippen molar-refractivity contribution < 1.29 is 13.9 Å². The van der Waals surface area contributed by atoms with Crippen LogP contribution in [0.1, 0.15) is 25.3 Å². The molecule has 0 bridgehead atoms. The number of nitrogens with zero attached hydrogens (tertiary/aromatic N) is 6. The molecule has 3 aromatic heterocycles. The third kappa shape index (κ3) is 5.72. The van der Waals surface area contributed by atoms with Gasteiger partial charge in [0.05, 0.1) is 31.5 Å². The number of hydrogen-bond donors (Lipinski definition) is 2. The first-order chi connectivity index (χ1) is 19.1. The number of ether oxygens (including phenoxy) is 2. The van der Waals surface area contributed by atoms with Crippen LogP contribution in [-0.4, -0.2) is 64.2 Å². The van der Waals surface area contributed by atoms with Gasteiger partial charge in [-0.3, -0.25) is 4.68 Å². The molecule has 0 aliphatic carbocycles. The highest BCUT2D eigenvalue weighted by atomic mass is 35.5. The quantitative estimate of drug-likeness (QED) is 0.331. The Bertz CT molecular complexity index is 1460. The van der Waals surface area contributed by atoms with E-state index in [0.29, 0.717) is 24.0 Å². The van der Waals surface area contributed by atoms with Crippen LogP contribution in [0.3, 0.4) is 0 Å². The van der Waals surface area contributed by atoms with Crippen molar-refractivity contribution >= 4 is 29.7 Å². The van der Waals surface area contributed by atoms with E-state index in [2.05, 4.69) is 31.5 Å². The second-order valence-electron chi connectivity index (χ2n) is 9.87. The number of benzene rings is 1. The molecule has 2 saturated heterocycles. The van der Waals surface area contributed by atoms with Crippen LogP contribution in [0.5, 0.6) is 5.75 Å². The van der Waals surface area contributed by atoms with E-state index in [1.807, 2.05) is 23.1 Å². The SMILES string of the molecule is COc1cccc(F)c1-c1nccc(Nc2cc(N3CCC[C@H](N)C3)c(-c3cnn([C@@H]4CCOC4)c3)cn2)n1.Cl. The minimum atomic E-state index is -0.456. The molecule has 5 heterocycles. The molecule has 40 heavy (non-hydrogen) atoms. The molecule has 0 unspecified atom stereocenters. The molecular formula is C28H32ClFN8O2. The largest absolute Gasteiger partial charge is 0.496 e. The zero-order valence-electron chi connectivity index (χ0n) is 22.2. The molecule has 1 aromatic carbocycles. The summed E-state index contributed by atoms with van der Waals surface area (Å²) in [5, 5.41) is 7.89. The topological polar surface area (TPSA) is 116 Å². The zero-order chi connectivity index (χ0) is 26.8. The minimum Gasteiger partial charge on any atom is -0.496 e. The number of piperidine rings is 1. The fourth-order valence-corrected chi connectivity index (χ4v) is 5.20. The van der Waals surface area contributed by atoms with Gasteiger partial charge in [-0.1, -0.05) is 6.07 Å². The van der Waals surface area contributed by atoms with Gasteiger partial charge >= 0.3 is 0 Å². The Labute approximate surface area is 238 Å². The van der Waals surface area contributed by atoms with Crippen molar-refractivity contribution in [3.05, 3.63) is 60.9 Å². The van der Waals surface area contributed by atoms with Gasteiger partial charge in [0.1, 0.15) is 23.2 Å². The summed E-state index contributed by atoms with van der Waals surface area (Å²) in [6.07, 6.45) is 10.4. The van der Waals surface area contributed by atoms with E-state index < -0.39 is 5.82 Å². The molecule has 0 amide bonds. The Morgan fingerprint density at radius 2 is 2.05 bits per heavy atom. The van der Waals surface area contributed by atoms with E-state index in [0.717, 1.165) is 55.8 Å². The highest BCUT2D eigenvalue weighted by Crippen LogP contribution is 2.35. The number of pyridine rings is 1. The molecule has 2 fully saturated rings. The Kier molecular flexibility index (Phi) is 8.43. The van der Waals surface area contributed by atoms with Crippen LogP contribution in [-0.2, 0) is 4.74 Å². The summed E-state index contributed by atoms with van der Waals surface area (Å²) in [4.78, 5) is 15.8. The summed E-state index contributed by atoms with van der Waals surface area (Å²) in [6, 6.07) is 8.71. The number of hydrogen-bond acceptors (Lipinski definition) is 9. The Morgan fingerprint density at radius 1 is 1.15 bits per heavy atom. The summed E-state index contributed by atoms with van der Waals surface area (Å²) in [5.41, 5.74) is 9.55. The van der Waals surface area contributed by atoms with Gasteiger partial charge in [0.25, 0.3) is 0 Å². The molecule has 12 heteroatoms. The maximum atomic E-state index is 14.7. The van der Waals surface area contributed by atoms with Crippen LogP contribution in [0.25, 0.3) is 22.5 Å². The van der Waals surface area contributed by atoms with Crippen molar-refractivity contribution in [1.29, 1.82) is 0 Å². The molecule has 3 N–H and O–H groups in total. The van der Waals surface area contributed by atoms with Gasteiger partial charge in [-0.15, -0.1) is 12.4 Å². The molecule has 10 nitrogen and oxygen atoms in total. The van der Waals surface area contributed by atoms with Crippen molar-refractivity contribution in [3.8, 4) is 28.3 Å². The minimum absolute atomic E-state index is 0. The highest BCUT2D eigenvalue weighted by molar-refractivity contribution is 5.85. The lowest BCUT2D eigenvalue weighted by molar-refractivity contribution is 0.184. The number of nitrogens with one attached hydrogen (secondary N) is 1. The van der Waals surface area contributed by atoms with E-state index in [1.54, 1.807) is 24.4 Å². The van der Waals surface area contributed by atoms with Crippen LogP contribution >= 0.6 is 12.4 Å². The lowest BCUT2D eigenvalue weighted by Crippen LogP contribution is -2.43. The van der Waals surface area contributed by atoms with Crippen molar-refractivity contribution in [2.24, 2.45) is 5.73 Å². The maximum Gasteiger partial charge on any atom is 0.168 e. The molecule has 6 rings (SSSR count). The highest BCUT2D eigenvalue weighted by Gasteiger charge is 2.23. The predicted octanol–water partition coefficient (Wildman–Crippen LogP) is 4.60. The fraction of sp³-hybridized carbons (Fsp3) is 0.357. The predicted molar refractivity (Wildman–Crippen MR) is 154 cm³/mol. The fourth-order valence-electron chi connectivity index (χ4n) is 5.20. The van der Waals surface area contributed by atoms with Crippen LogP contribution in [0, 0.1) is 5.82 Å². The normalized spacial score (nSPS) is 18.8. The van der Waals surface area contributed by atoms with Gasteiger partial charge in [-0.2, -0.15) is 5.10 Å². The molecule has 2 aliphatic heterocycles. The van der Waals surface area contributed by atoms with Crippen LogP contribution in [0.4, 0.5) is 21.7 Å². The summed E-state index contributed by atoms with van der Waals surface area (Å²) in [7, 11) is 1.49. The average Bonchev–Trinajstić information content (AvgIpc) is 3.66. The number of halogens is 2. The summed E-state index contributed by atoms with van der Waals surface area (Å²) in [5.74, 6) is 1.22. The van der Waals surface area contributed by atoms with E-state index in [9.17, 15) is 4.39 Å². The van der Waals surface area contributed by atoms with Crippen molar-refractivity contribution in [1.82, 2.24) is 24.7 Å². The lowest BCUT2D eigenvalue weighted by Gasteiger charge is -2.34. The third-order valence-corrected chi connectivity index (χ3v) is 7.20. The maximum absolute atomic E-state index is 14.7. The van der Waals surface area contributed by atoms with Crippen LogP contribution in [0.15, 0.2) is 55.1 Å². The number of methoxy groups -OCH3 is 1. The van der Waals surface area contributed by atoms with Gasteiger partial charge in [0.15, 0.2) is 5.82 Å². The number of rotatable bonds is 7. The van der Waals surface area contributed by atoms with Gasteiger partial charge in [0, 0.05) is 67.2 Å². The zero-order valence-corrected chi connectivity index (χ0v) is 23.0. The van der Waals surface area contributed by atoms with Crippen LogP contribution in [0.2, 0.25) is 0 Å². The molecule has 0 radical (unpaired) electrons. The van der Waals surface area contributed by atoms with E-state index in [-0.39, 0.29) is 35.9 Å². The van der Waals surface area contributed by atoms with Crippen molar-refractivity contribution in [2.75, 3.05) is 43.6 Å². The first-order valence-corrected chi connectivity index (χ1v) is 13.1. The number of nitrogens with two attached hydrogens (primary N) is 1. The van der Waals surface area contributed by atoms with E-state index >= 15 is 0 Å². The standard InChI is InChI=1S/C28H31FN8O2.ClH/c1-38-24-6-2-5-22(29)27(24)28-31-9-7-25(35-28)34-26-12-23(36-10-3-4-19(30)16-36)21(14-32-26)18-13-33-37(15-18)20-8-11-39-17-20;/h2,5-7,9,12-15,19-20H,3-4,8,10-11,16-17,30H2,1H3,(H,31,32,34,35);1H/t19-,20+;/m0./s1. The summed E-state index contributed by atoms with van der Waals surface area (Å²) < 4.78 is 27.5. The molecule has 210 valence electrons. The molecule has 0 spiro atoms. The van der Waals surface area contributed by atoms with Gasteiger partial charge < -0.3 is 25.4 Å². The first-order valence-electron chi connectivity index (χ1n) is 13.1. The Morgan fingerprint density at radius 3 is 2.85 bits per heavy atom. The molecular weight excluding hydrogens is 535 g/mol. The molecule has 2 atom stereocenters. The van der Waals surface area contributed by atoms with Crippen molar-refractivity contribution in [2.45, 2.75) is 31.3 Å². The summed E-state index contributed by atoms with van der Waals surface area (Å²) >= 11 is 0. The Balaban J connectivity index is 0.00000323. The van der Waals surface area contributed by atoms with Gasteiger partial charge in [0.2, 0.25) is 0 Å². The van der Waals surface area contributed by atoms with Crippen LogP contribution < -0.4 is 20.7 Å². The average molecular weight is 567 g/mol.